The highest BCUT2D eigenvalue weighted by molar-refractivity contribution is 6.30. The third-order valence-electron chi connectivity index (χ3n) is 4.37. The van der Waals surface area contributed by atoms with Gasteiger partial charge in [-0.25, -0.2) is 9.98 Å². The molecule has 0 aliphatic carbocycles. The van der Waals surface area contributed by atoms with Crippen LogP contribution in [0.5, 0.6) is 11.5 Å². The number of aliphatic imine (C=N–C) groups is 1. The molecule has 0 radical (unpaired) electrons. The van der Waals surface area contributed by atoms with Crippen molar-refractivity contribution in [1.82, 2.24) is 9.38 Å². The zero-order valence-electron chi connectivity index (χ0n) is 15.5. The van der Waals surface area contributed by atoms with Gasteiger partial charge >= 0.3 is 0 Å². The summed E-state index contributed by atoms with van der Waals surface area (Å²) in [5, 5.41) is 0.618. The van der Waals surface area contributed by atoms with Gasteiger partial charge in [-0.15, -0.1) is 0 Å². The molecule has 0 amide bonds. The number of benzene rings is 2. The average molecular weight is 392 g/mol. The van der Waals surface area contributed by atoms with Crippen LogP contribution in [0.15, 0.2) is 71.9 Å². The fraction of sp³-hybridized carbons (Fsp3) is 0.0909. The smallest absolute Gasteiger partial charge is 0.165 e. The number of fused-ring (bicyclic) bond motifs is 1. The Bertz CT molecular complexity index is 1130. The normalized spacial score (nSPS) is 11.2. The van der Waals surface area contributed by atoms with Crippen LogP contribution in [-0.4, -0.2) is 29.8 Å². The zero-order valence-corrected chi connectivity index (χ0v) is 16.2. The largest absolute Gasteiger partial charge is 0.497 e. The quantitative estimate of drug-likeness (QED) is 0.426. The standard InChI is InChI=1S/C22H18ClN3O2/c1-27-18-8-3-15(4-9-18)13-24-22-21(16-5-10-19(28-2)11-6-16)25-20-12-7-17(23)14-26(20)22/h3-14H,1-2H3/b24-13+. The Balaban J connectivity index is 1.81. The van der Waals surface area contributed by atoms with Crippen LogP contribution in [0.4, 0.5) is 5.82 Å². The lowest BCUT2D eigenvalue weighted by atomic mass is 10.1. The lowest BCUT2D eigenvalue weighted by Gasteiger charge is -2.03. The number of imidazole rings is 1. The molecule has 0 unspecified atom stereocenters. The van der Waals surface area contributed by atoms with Gasteiger partial charge in [-0.2, -0.15) is 0 Å². The molecule has 4 aromatic rings. The Morgan fingerprint density at radius 3 is 2.18 bits per heavy atom. The summed E-state index contributed by atoms with van der Waals surface area (Å²) in [6, 6.07) is 19.1. The topological polar surface area (TPSA) is 48.1 Å². The van der Waals surface area contributed by atoms with Gasteiger partial charge in [0.05, 0.1) is 19.2 Å². The second-order valence-corrected chi connectivity index (χ2v) is 6.56. The van der Waals surface area contributed by atoms with Crippen molar-refractivity contribution < 1.29 is 9.47 Å². The Labute approximate surface area is 167 Å². The molecule has 2 aromatic carbocycles. The summed E-state index contributed by atoms with van der Waals surface area (Å²) >= 11 is 6.21. The van der Waals surface area contributed by atoms with Crippen LogP contribution in [-0.2, 0) is 0 Å². The maximum absolute atomic E-state index is 6.21. The Morgan fingerprint density at radius 2 is 1.54 bits per heavy atom. The van der Waals surface area contributed by atoms with Crippen molar-refractivity contribution in [3.05, 3.63) is 77.4 Å². The molecular formula is C22H18ClN3O2. The van der Waals surface area contributed by atoms with E-state index in [9.17, 15) is 0 Å². The minimum absolute atomic E-state index is 0.618. The number of hydrogen-bond donors (Lipinski definition) is 0. The molecule has 0 saturated carbocycles. The number of pyridine rings is 1. The first-order chi connectivity index (χ1) is 13.7. The van der Waals surface area contributed by atoms with Gasteiger partial charge in [0.1, 0.15) is 22.8 Å². The predicted molar refractivity (Wildman–Crippen MR) is 112 cm³/mol. The Hall–Kier alpha value is -3.31. The molecule has 0 fully saturated rings. The molecule has 2 aromatic heterocycles. The fourth-order valence-corrected chi connectivity index (χ4v) is 3.06. The molecule has 0 aliphatic rings. The number of nitrogens with zero attached hydrogens (tertiary/aromatic N) is 3. The van der Waals surface area contributed by atoms with Crippen molar-refractivity contribution in [1.29, 1.82) is 0 Å². The van der Waals surface area contributed by atoms with Gasteiger partial charge in [-0.3, -0.25) is 4.40 Å². The summed E-state index contributed by atoms with van der Waals surface area (Å²) in [5.74, 6) is 2.30. The zero-order chi connectivity index (χ0) is 19.5. The van der Waals surface area contributed by atoms with E-state index in [1.165, 1.54) is 0 Å². The SMILES string of the molecule is COc1ccc(/C=N/c2c(-c3ccc(OC)cc3)nc3ccc(Cl)cn23)cc1. The molecule has 0 N–H and O–H groups in total. The Kier molecular flexibility index (Phi) is 5.00. The summed E-state index contributed by atoms with van der Waals surface area (Å²) in [5.41, 5.74) is 3.45. The third-order valence-corrected chi connectivity index (χ3v) is 4.60. The van der Waals surface area contributed by atoms with Crippen molar-refractivity contribution >= 4 is 29.3 Å². The van der Waals surface area contributed by atoms with E-state index < -0.39 is 0 Å². The highest BCUT2D eigenvalue weighted by Crippen LogP contribution is 2.32. The molecule has 140 valence electrons. The van der Waals surface area contributed by atoms with Crippen LogP contribution in [0, 0.1) is 0 Å². The van der Waals surface area contributed by atoms with E-state index in [0.29, 0.717) is 10.8 Å². The molecule has 4 rings (SSSR count). The third kappa shape index (κ3) is 3.57. The first-order valence-electron chi connectivity index (χ1n) is 8.68. The molecule has 0 atom stereocenters. The highest BCUT2D eigenvalue weighted by atomic mass is 35.5. The van der Waals surface area contributed by atoms with Crippen molar-refractivity contribution in [3.8, 4) is 22.8 Å². The van der Waals surface area contributed by atoms with Gasteiger partial charge in [0, 0.05) is 18.0 Å². The number of halogens is 1. The van der Waals surface area contributed by atoms with Crippen molar-refractivity contribution in [2.75, 3.05) is 14.2 Å². The van der Waals surface area contributed by atoms with Crippen LogP contribution in [0.1, 0.15) is 5.56 Å². The first kappa shape index (κ1) is 18.1. The average Bonchev–Trinajstić information content (AvgIpc) is 3.10. The molecule has 0 bridgehead atoms. The molecule has 5 nitrogen and oxygen atoms in total. The second kappa shape index (κ2) is 7.74. The van der Waals surface area contributed by atoms with Crippen LogP contribution in [0.2, 0.25) is 5.02 Å². The van der Waals surface area contributed by atoms with E-state index in [2.05, 4.69) is 0 Å². The van der Waals surface area contributed by atoms with Crippen LogP contribution in [0.3, 0.4) is 0 Å². The molecule has 0 aliphatic heterocycles. The summed E-state index contributed by atoms with van der Waals surface area (Å²) in [4.78, 5) is 9.47. The predicted octanol–water partition coefficient (Wildman–Crippen LogP) is 5.42. The van der Waals surface area contributed by atoms with Crippen LogP contribution in [0.25, 0.3) is 16.9 Å². The molecule has 2 heterocycles. The maximum atomic E-state index is 6.21. The van der Waals surface area contributed by atoms with E-state index >= 15 is 0 Å². The molecule has 0 spiro atoms. The number of hydrogen-bond acceptors (Lipinski definition) is 4. The fourth-order valence-electron chi connectivity index (χ4n) is 2.90. The number of methoxy groups -OCH3 is 2. The van der Waals surface area contributed by atoms with E-state index in [1.54, 1.807) is 20.4 Å². The monoisotopic (exact) mass is 391 g/mol. The van der Waals surface area contributed by atoms with Crippen molar-refractivity contribution in [3.63, 3.8) is 0 Å². The summed E-state index contributed by atoms with van der Waals surface area (Å²) in [6.45, 7) is 0. The van der Waals surface area contributed by atoms with Gasteiger partial charge in [-0.1, -0.05) is 11.6 Å². The highest BCUT2D eigenvalue weighted by Gasteiger charge is 2.14. The summed E-state index contributed by atoms with van der Waals surface area (Å²) in [7, 11) is 3.29. The maximum Gasteiger partial charge on any atom is 0.165 e. The number of aromatic nitrogens is 2. The summed E-state index contributed by atoms with van der Waals surface area (Å²) in [6.07, 6.45) is 3.62. The van der Waals surface area contributed by atoms with Crippen LogP contribution >= 0.6 is 11.6 Å². The number of ether oxygens (including phenoxy) is 2. The van der Waals surface area contributed by atoms with Gasteiger partial charge in [0.25, 0.3) is 0 Å². The summed E-state index contributed by atoms with van der Waals surface area (Å²) < 4.78 is 12.3. The number of rotatable bonds is 5. The molecule has 6 heteroatoms. The van der Waals surface area contributed by atoms with Crippen LogP contribution < -0.4 is 9.47 Å². The van der Waals surface area contributed by atoms with Crippen molar-refractivity contribution in [2.45, 2.75) is 0 Å². The Morgan fingerprint density at radius 1 is 0.893 bits per heavy atom. The lowest BCUT2D eigenvalue weighted by molar-refractivity contribution is 0.414. The van der Waals surface area contributed by atoms with Gasteiger partial charge in [0.15, 0.2) is 5.82 Å². The minimum Gasteiger partial charge on any atom is -0.497 e. The van der Waals surface area contributed by atoms with Gasteiger partial charge < -0.3 is 9.47 Å². The van der Waals surface area contributed by atoms with E-state index in [1.807, 2.05) is 71.3 Å². The molecule has 28 heavy (non-hydrogen) atoms. The first-order valence-corrected chi connectivity index (χ1v) is 9.06. The van der Waals surface area contributed by atoms with E-state index in [-0.39, 0.29) is 0 Å². The lowest BCUT2D eigenvalue weighted by Crippen LogP contribution is -1.87. The molecular weight excluding hydrogens is 374 g/mol. The second-order valence-electron chi connectivity index (χ2n) is 6.12. The van der Waals surface area contributed by atoms with E-state index in [0.717, 1.165) is 34.0 Å². The van der Waals surface area contributed by atoms with E-state index in [4.69, 9.17) is 31.1 Å². The van der Waals surface area contributed by atoms with Crippen molar-refractivity contribution in [2.24, 2.45) is 4.99 Å². The van der Waals surface area contributed by atoms with Gasteiger partial charge in [0.2, 0.25) is 0 Å². The van der Waals surface area contributed by atoms with Gasteiger partial charge in [-0.05, 0) is 66.2 Å². The minimum atomic E-state index is 0.618. The molecule has 0 saturated heterocycles.